The lowest BCUT2D eigenvalue weighted by atomic mass is 9.93. The molecule has 0 amide bonds. The van der Waals surface area contributed by atoms with E-state index in [1.165, 1.54) is 19.3 Å². The van der Waals surface area contributed by atoms with Gasteiger partial charge in [-0.15, -0.1) is 0 Å². The van der Waals surface area contributed by atoms with Crippen LogP contribution in [-0.4, -0.2) is 23.7 Å². The quantitative estimate of drug-likeness (QED) is 0.594. The van der Waals surface area contributed by atoms with Gasteiger partial charge in [-0.05, 0) is 32.2 Å². The molecule has 0 aromatic heterocycles. The molecule has 1 fully saturated rings. The standard InChI is InChI=1S/C9H17NO2/c11-9(12)6-1-2-7-10-8-4-3-5-8/h8,10H,1-7H2,(H,11,12). The number of rotatable bonds is 6. The molecule has 0 unspecified atom stereocenters. The van der Waals surface area contributed by atoms with E-state index in [0.717, 1.165) is 25.4 Å². The number of carboxylic acid groups (broad SMARTS) is 1. The SMILES string of the molecule is O=C(O)CCCCNC1CCC1. The Balaban J connectivity index is 1.79. The van der Waals surface area contributed by atoms with Gasteiger partial charge in [0.25, 0.3) is 0 Å². The molecule has 3 nitrogen and oxygen atoms in total. The van der Waals surface area contributed by atoms with E-state index in [1.54, 1.807) is 0 Å². The molecule has 0 aromatic carbocycles. The summed E-state index contributed by atoms with van der Waals surface area (Å²) in [4.78, 5) is 10.1. The normalized spacial score (nSPS) is 17.3. The van der Waals surface area contributed by atoms with Crippen LogP contribution in [0.5, 0.6) is 0 Å². The van der Waals surface area contributed by atoms with E-state index in [1.807, 2.05) is 0 Å². The second kappa shape index (κ2) is 5.14. The van der Waals surface area contributed by atoms with E-state index in [9.17, 15) is 4.79 Å². The largest absolute Gasteiger partial charge is 0.481 e. The predicted molar refractivity (Wildman–Crippen MR) is 47.1 cm³/mol. The summed E-state index contributed by atoms with van der Waals surface area (Å²) in [5, 5.41) is 11.8. The molecule has 0 bridgehead atoms. The average Bonchev–Trinajstić information content (AvgIpc) is 1.92. The van der Waals surface area contributed by atoms with Crippen LogP contribution in [0.1, 0.15) is 38.5 Å². The monoisotopic (exact) mass is 171 g/mol. The van der Waals surface area contributed by atoms with Crippen LogP contribution < -0.4 is 5.32 Å². The molecule has 12 heavy (non-hydrogen) atoms. The molecule has 1 rings (SSSR count). The Hall–Kier alpha value is -0.570. The minimum Gasteiger partial charge on any atom is -0.481 e. The van der Waals surface area contributed by atoms with E-state index in [2.05, 4.69) is 5.32 Å². The van der Waals surface area contributed by atoms with Gasteiger partial charge in [-0.2, -0.15) is 0 Å². The van der Waals surface area contributed by atoms with Gasteiger partial charge >= 0.3 is 5.97 Å². The second-order valence-corrected chi connectivity index (χ2v) is 3.43. The summed E-state index contributed by atoms with van der Waals surface area (Å²) in [7, 11) is 0. The number of carbonyl (C=O) groups is 1. The summed E-state index contributed by atoms with van der Waals surface area (Å²) < 4.78 is 0. The number of unbranched alkanes of at least 4 members (excludes halogenated alkanes) is 1. The maximum atomic E-state index is 10.1. The lowest BCUT2D eigenvalue weighted by Gasteiger charge is -2.26. The van der Waals surface area contributed by atoms with Crippen molar-refractivity contribution in [2.45, 2.75) is 44.6 Å². The Morgan fingerprint density at radius 2 is 2.17 bits per heavy atom. The van der Waals surface area contributed by atoms with Crippen molar-refractivity contribution >= 4 is 5.97 Å². The van der Waals surface area contributed by atoms with Gasteiger partial charge in [0.2, 0.25) is 0 Å². The van der Waals surface area contributed by atoms with Crippen molar-refractivity contribution < 1.29 is 9.90 Å². The molecule has 2 N–H and O–H groups in total. The van der Waals surface area contributed by atoms with Gasteiger partial charge in [-0.1, -0.05) is 6.42 Å². The fourth-order valence-corrected chi connectivity index (χ4v) is 1.32. The highest BCUT2D eigenvalue weighted by Gasteiger charge is 2.15. The lowest BCUT2D eigenvalue weighted by Crippen LogP contribution is -2.35. The van der Waals surface area contributed by atoms with E-state index in [-0.39, 0.29) is 0 Å². The summed E-state index contributed by atoms with van der Waals surface area (Å²) in [6.07, 6.45) is 6.06. The van der Waals surface area contributed by atoms with E-state index in [0.29, 0.717) is 6.42 Å². The number of aliphatic carboxylic acids is 1. The van der Waals surface area contributed by atoms with E-state index in [4.69, 9.17) is 5.11 Å². The predicted octanol–water partition coefficient (Wildman–Crippen LogP) is 1.38. The first-order chi connectivity index (χ1) is 5.79. The molecule has 0 spiro atoms. The topological polar surface area (TPSA) is 49.3 Å². The van der Waals surface area contributed by atoms with Crippen molar-refractivity contribution in [3.05, 3.63) is 0 Å². The van der Waals surface area contributed by atoms with E-state index >= 15 is 0 Å². The first kappa shape index (κ1) is 9.52. The van der Waals surface area contributed by atoms with Crippen molar-refractivity contribution in [3.63, 3.8) is 0 Å². The second-order valence-electron chi connectivity index (χ2n) is 3.43. The van der Waals surface area contributed by atoms with Crippen LogP contribution in [0, 0.1) is 0 Å². The minimum absolute atomic E-state index is 0.312. The van der Waals surface area contributed by atoms with Crippen LogP contribution in [0.3, 0.4) is 0 Å². The van der Waals surface area contributed by atoms with Gasteiger partial charge in [0.15, 0.2) is 0 Å². The molecular formula is C9H17NO2. The summed E-state index contributed by atoms with van der Waals surface area (Å²) in [6, 6.07) is 0.731. The Kier molecular flexibility index (Phi) is 4.08. The Morgan fingerprint density at radius 3 is 2.67 bits per heavy atom. The third-order valence-electron chi connectivity index (χ3n) is 2.36. The van der Waals surface area contributed by atoms with Gasteiger partial charge in [0.1, 0.15) is 0 Å². The van der Waals surface area contributed by atoms with Crippen LogP contribution in [0.25, 0.3) is 0 Å². The van der Waals surface area contributed by atoms with Crippen molar-refractivity contribution in [1.82, 2.24) is 5.32 Å². The molecule has 0 radical (unpaired) electrons. The molecule has 0 saturated heterocycles. The minimum atomic E-state index is -0.682. The fourth-order valence-electron chi connectivity index (χ4n) is 1.32. The molecule has 0 aromatic rings. The fraction of sp³-hybridized carbons (Fsp3) is 0.889. The Bertz CT molecular complexity index is 143. The molecular weight excluding hydrogens is 154 g/mol. The summed E-state index contributed by atoms with van der Waals surface area (Å²) in [5.74, 6) is -0.682. The molecule has 70 valence electrons. The summed E-state index contributed by atoms with van der Waals surface area (Å²) >= 11 is 0. The number of nitrogens with one attached hydrogen (secondary N) is 1. The molecule has 1 saturated carbocycles. The summed E-state index contributed by atoms with van der Waals surface area (Å²) in [6.45, 7) is 0.984. The Morgan fingerprint density at radius 1 is 1.42 bits per heavy atom. The third kappa shape index (κ3) is 3.72. The zero-order valence-electron chi connectivity index (χ0n) is 7.38. The smallest absolute Gasteiger partial charge is 0.303 e. The highest BCUT2D eigenvalue weighted by Crippen LogP contribution is 2.17. The number of hydrogen-bond acceptors (Lipinski definition) is 2. The van der Waals surface area contributed by atoms with Crippen molar-refractivity contribution in [2.24, 2.45) is 0 Å². The first-order valence-electron chi connectivity index (χ1n) is 4.74. The van der Waals surface area contributed by atoms with Crippen LogP contribution in [0.15, 0.2) is 0 Å². The maximum Gasteiger partial charge on any atom is 0.303 e. The molecule has 3 heteroatoms. The molecule has 1 aliphatic carbocycles. The number of carboxylic acids is 1. The lowest BCUT2D eigenvalue weighted by molar-refractivity contribution is -0.137. The first-order valence-corrected chi connectivity index (χ1v) is 4.74. The maximum absolute atomic E-state index is 10.1. The highest BCUT2D eigenvalue weighted by molar-refractivity contribution is 5.66. The van der Waals surface area contributed by atoms with E-state index < -0.39 is 5.97 Å². The zero-order valence-corrected chi connectivity index (χ0v) is 7.38. The van der Waals surface area contributed by atoms with Crippen LogP contribution in [-0.2, 0) is 4.79 Å². The van der Waals surface area contributed by atoms with Crippen molar-refractivity contribution in [1.29, 1.82) is 0 Å². The van der Waals surface area contributed by atoms with Gasteiger partial charge in [0, 0.05) is 12.5 Å². The molecule has 1 aliphatic rings. The van der Waals surface area contributed by atoms with Crippen LogP contribution in [0.2, 0.25) is 0 Å². The average molecular weight is 171 g/mol. The molecule has 0 heterocycles. The van der Waals surface area contributed by atoms with Gasteiger partial charge < -0.3 is 10.4 Å². The van der Waals surface area contributed by atoms with Crippen molar-refractivity contribution in [2.75, 3.05) is 6.54 Å². The molecule has 0 aliphatic heterocycles. The van der Waals surface area contributed by atoms with Gasteiger partial charge in [0.05, 0.1) is 0 Å². The highest BCUT2D eigenvalue weighted by atomic mass is 16.4. The number of hydrogen-bond donors (Lipinski definition) is 2. The van der Waals surface area contributed by atoms with Gasteiger partial charge in [-0.3, -0.25) is 4.79 Å². The van der Waals surface area contributed by atoms with Gasteiger partial charge in [-0.25, -0.2) is 0 Å². The zero-order chi connectivity index (χ0) is 8.81. The summed E-state index contributed by atoms with van der Waals surface area (Å²) in [5.41, 5.74) is 0. The van der Waals surface area contributed by atoms with Crippen LogP contribution in [0.4, 0.5) is 0 Å². The third-order valence-corrected chi connectivity index (χ3v) is 2.36. The Labute approximate surface area is 73.2 Å². The van der Waals surface area contributed by atoms with Crippen molar-refractivity contribution in [3.8, 4) is 0 Å². The molecule has 0 atom stereocenters. The van der Waals surface area contributed by atoms with Crippen LogP contribution >= 0.6 is 0 Å².